The molecule has 0 saturated heterocycles. The molecule has 1 aromatic carbocycles. The van der Waals surface area contributed by atoms with Gasteiger partial charge in [-0.3, -0.25) is 9.59 Å². The van der Waals surface area contributed by atoms with Gasteiger partial charge in [-0.15, -0.1) is 0 Å². The predicted octanol–water partition coefficient (Wildman–Crippen LogP) is 1.39. The van der Waals surface area contributed by atoms with Crippen LogP contribution in [0.25, 0.3) is 0 Å². The van der Waals surface area contributed by atoms with Crippen LogP contribution >= 0.6 is 0 Å². The van der Waals surface area contributed by atoms with Crippen LogP contribution in [0.2, 0.25) is 0 Å². The predicted molar refractivity (Wildman–Crippen MR) is 68.3 cm³/mol. The number of aromatic nitrogens is 1. The molecule has 0 aliphatic carbocycles. The Hall–Kier alpha value is -2.69. The van der Waals surface area contributed by atoms with Gasteiger partial charge in [0.05, 0.1) is 12.7 Å². The van der Waals surface area contributed by atoms with E-state index >= 15 is 0 Å². The van der Waals surface area contributed by atoms with Crippen molar-refractivity contribution >= 4 is 11.8 Å². The highest BCUT2D eigenvalue weighted by Crippen LogP contribution is 2.11. The number of aromatic amines is 1. The average molecular weight is 257 g/mol. The highest BCUT2D eigenvalue weighted by molar-refractivity contribution is 6.13. The van der Waals surface area contributed by atoms with Crippen molar-refractivity contribution in [1.29, 1.82) is 0 Å². The number of carbonyl (C=O) groups is 2. The van der Waals surface area contributed by atoms with Gasteiger partial charge in [0.2, 0.25) is 11.3 Å². The van der Waals surface area contributed by atoms with E-state index < -0.39 is 17.3 Å². The molecular formula is C14H11NO4. The third kappa shape index (κ3) is 2.60. The lowest BCUT2D eigenvalue weighted by atomic mass is 10.0. The summed E-state index contributed by atoms with van der Waals surface area (Å²) >= 11 is 0. The third-order valence-electron chi connectivity index (χ3n) is 2.59. The summed E-state index contributed by atoms with van der Waals surface area (Å²) in [5.74, 6) is -1.10. The van der Waals surface area contributed by atoms with Crippen molar-refractivity contribution in [2.24, 2.45) is 0 Å². The van der Waals surface area contributed by atoms with Gasteiger partial charge in [-0.05, 0) is 6.07 Å². The quantitative estimate of drug-likeness (QED) is 0.666. The van der Waals surface area contributed by atoms with E-state index in [1.165, 1.54) is 19.2 Å². The smallest absolute Gasteiger partial charge is 0.340 e. The van der Waals surface area contributed by atoms with E-state index in [1.807, 2.05) is 0 Å². The summed E-state index contributed by atoms with van der Waals surface area (Å²) in [6, 6.07) is 10.8. The average Bonchev–Trinajstić information content (AvgIpc) is 2.46. The van der Waals surface area contributed by atoms with Gasteiger partial charge in [0.1, 0.15) is 5.69 Å². The molecule has 5 nitrogen and oxygen atoms in total. The Labute approximate surface area is 108 Å². The summed E-state index contributed by atoms with van der Waals surface area (Å²) < 4.78 is 4.59. The zero-order valence-electron chi connectivity index (χ0n) is 10.2. The number of hydrogen-bond acceptors (Lipinski definition) is 4. The first kappa shape index (κ1) is 12.8. The molecule has 0 amide bonds. The molecule has 0 saturated carbocycles. The first-order valence-electron chi connectivity index (χ1n) is 5.55. The summed E-state index contributed by atoms with van der Waals surface area (Å²) in [5, 5.41) is 0. The molecular weight excluding hydrogens is 246 g/mol. The molecule has 0 radical (unpaired) electrons. The number of hydrogen-bond donors (Lipinski definition) is 1. The van der Waals surface area contributed by atoms with Crippen molar-refractivity contribution in [3.8, 4) is 0 Å². The molecule has 0 fully saturated rings. The van der Waals surface area contributed by atoms with E-state index in [-0.39, 0.29) is 11.3 Å². The van der Waals surface area contributed by atoms with Crippen molar-refractivity contribution in [2.45, 2.75) is 0 Å². The van der Waals surface area contributed by atoms with Gasteiger partial charge in [-0.2, -0.15) is 0 Å². The number of ether oxygens (including phenoxy) is 1. The highest BCUT2D eigenvalue weighted by atomic mass is 16.5. The van der Waals surface area contributed by atoms with Crippen molar-refractivity contribution in [3.05, 3.63) is 69.6 Å². The number of esters is 1. The molecule has 0 spiro atoms. The highest BCUT2D eigenvalue weighted by Gasteiger charge is 2.19. The normalized spacial score (nSPS) is 9.95. The van der Waals surface area contributed by atoms with Crippen LogP contribution in [0.4, 0.5) is 0 Å². The van der Waals surface area contributed by atoms with Crippen LogP contribution in [0.5, 0.6) is 0 Å². The van der Waals surface area contributed by atoms with E-state index in [0.717, 1.165) is 0 Å². The second-order valence-corrected chi connectivity index (χ2v) is 3.80. The first-order chi connectivity index (χ1) is 9.13. The topological polar surface area (TPSA) is 76.2 Å². The number of H-pyrrole nitrogens is 1. The number of nitrogens with one attached hydrogen (secondary N) is 1. The standard InChI is InChI=1S/C14H11NO4/c1-19-14(18)10-7-8-11(16)15-12(10)13(17)9-5-3-2-4-6-9/h2-8H,1H3,(H,15,16). The zero-order chi connectivity index (χ0) is 13.8. The third-order valence-corrected chi connectivity index (χ3v) is 2.59. The fourth-order valence-corrected chi connectivity index (χ4v) is 1.67. The molecule has 0 aliphatic heterocycles. The summed E-state index contributed by atoms with van der Waals surface area (Å²) in [4.78, 5) is 37.6. The van der Waals surface area contributed by atoms with Gasteiger partial charge >= 0.3 is 5.97 Å². The van der Waals surface area contributed by atoms with Gasteiger partial charge in [-0.25, -0.2) is 4.79 Å². The fraction of sp³-hybridized carbons (Fsp3) is 0.0714. The summed E-state index contributed by atoms with van der Waals surface area (Å²) in [7, 11) is 1.21. The lowest BCUT2D eigenvalue weighted by molar-refractivity contribution is 0.0596. The lowest BCUT2D eigenvalue weighted by Gasteiger charge is -2.06. The Morgan fingerprint density at radius 3 is 2.37 bits per heavy atom. The van der Waals surface area contributed by atoms with E-state index in [9.17, 15) is 14.4 Å². The zero-order valence-corrected chi connectivity index (χ0v) is 10.2. The monoisotopic (exact) mass is 257 g/mol. The van der Waals surface area contributed by atoms with Gasteiger partial charge in [-0.1, -0.05) is 30.3 Å². The van der Waals surface area contributed by atoms with Crippen molar-refractivity contribution in [3.63, 3.8) is 0 Å². The van der Waals surface area contributed by atoms with E-state index in [2.05, 4.69) is 9.72 Å². The minimum absolute atomic E-state index is 0.0379. The largest absolute Gasteiger partial charge is 0.465 e. The molecule has 0 aliphatic rings. The van der Waals surface area contributed by atoms with Gasteiger partial charge in [0, 0.05) is 11.6 Å². The first-order valence-corrected chi connectivity index (χ1v) is 5.55. The van der Waals surface area contributed by atoms with E-state index in [4.69, 9.17) is 0 Å². The molecule has 1 N–H and O–H groups in total. The van der Waals surface area contributed by atoms with Crippen LogP contribution in [0.3, 0.4) is 0 Å². The maximum absolute atomic E-state index is 12.3. The molecule has 5 heteroatoms. The number of benzene rings is 1. The minimum atomic E-state index is -0.671. The molecule has 1 heterocycles. The second-order valence-electron chi connectivity index (χ2n) is 3.80. The molecule has 0 unspecified atom stereocenters. The summed E-state index contributed by atoms with van der Waals surface area (Å²) in [5.41, 5.74) is -0.0945. The molecule has 19 heavy (non-hydrogen) atoms. The number of carbonyl (C=O) groups excluding carboxylic acids is 2. The molecule has 96 valence electrons. The van der Waals surface area contributed by atoms with E-state index in [0.29, 0.717) is 5.56 Å². The van der Waals surface area contributed by atoms with Gasteiger partial charge in [0.15, 0.2) is 0 Å². The molecule has 2 aromatic rings. The Kier molecular flexibility index (Phi) is 3.56. The summed E-state index contributed by atoms with van der Waals surface area (Å²) in [6.45, 7) is 0. The Bertz CT molecular complexity index is 673. The van der Waals surface area contributed by atoms with E-state index in [1.54, 1.807) is 30.3 Å². The van der Waals surface area contributed by atoms with Crippen LogP contribution in [-0.2, 0) is 4.74 Å². The fourth-order valence-electron chi connectivity index (χ4n) is 1.67. The second kappa shape index (κ2) is 5.30. The Morgan fingerprint density at radius 2 is 1.74 bits per heavy atom. The maximum Gasteiger partial charge on any atom is 0.340 e. The number of rotatable bonds is 3. The van der Waals surface area contributed by atoms with Crippen molar-refractivity contribution in [2.75, 3.05) is 7.11 Å². The molecule has 2 rings (SSSR count). The number of ketones is 1. The van der Waals surface area contributed by atoms with Crippen molar-refractivity contribution in [1.82, 2.24) is 4.98 Å². The van der Waals surface area contributed by atoms with Gasteiger partial charge in [0.25, 0.3) is 0 Å². The van der Waals surface area contributed by atoms with Crippen LogP contribution in [0.1, 0.15) is 26.4 Å². The molecule has 0 atom stereocenters. The van der Waals surface area contributed by atoms with Crippen LogP contribution in [0.15, 0.2) is 47.3 Å². The summed E-state index contributed by atoms with van der Waals surface area (Å²) in [6.07, 6.45) is 0. The molecule has 0 bridgehead atoms. The number of pyridine rings is 1. The Morgan fingerprint density at radius 1 is 1.05 bits per heavy atom. The van der Waals surface area contributed by atoms with Gasteiger partial charge < -0.3 is 9.72 Å². The minimum Gasteiger partial charge on any atom is -0.465 e. The van der Waals surface area contributed by atoms with Crippen LogP contribution < -0.4 is 5.56 Å². The Balaban J connectivity index is 2.55. The van der Waals surface area contributed by atoms with Crippen LogP contribution in [-0.4, -0.2) is 23.8 Å². The lowest BCUT2D eigenvalue weighted by Crippen LogP contribution is -2.19. The maximum atomic E-state index is 12.3. The van der Waals surface area contributed by atoms with Crippen LogP contribution in [0, 0.1) is 0 Å². The van der Waals surface area contributed by atoms with Crippen molar-refractivity contribution < 1.29 is 14.3 Å². The SMILES string of the molecule is COC(=O)c1ccc(=O)[nH]c1C(=O)c1ccccc1. The molecule has 1 aromatic heterocycles. The number of methoxy groups -OCH3 is 1.